The van der Waals surface area contributed by atoms with Crippen LogP contribution in [0.15, 0.2) is 24.3 Å². The smallest absolute Gasteiger partial charge is 0.338 e. The third-order valence-electron chi connectivity index (χ3n) is 3.83. The largest absolute Gasteiger partial charge is 0.459 e. The van der Waals surface area contributed by atoms with Gasteiger partial charge in [-0.05, 0) is 48.8 Å². The first-order chi connectivity index (χ1) is 9.08. The number of benzene rings is 1. The maximum Gasteiger partial charge on any atom is 0.338 e. The van der Waals surface area contributed by atoms with Crippen molar-refractivity contribution < 1.29 is 9.53 Å². The van der Waals surface area contributed by atoms with E-state index in [1.54, 1.807) is 12.1 Å². The number of hydrogen-bond acceptors (Lipinski definition) is 3. The van der Waals surface area contributed by atoms with Gasteiger partial charge in [0.2, 0.25) is 0 Å². The molecule has 1 aliphatic rings. The molecule has 19 heavy (non-hydrogen) atoms. The average Bonchev–Trinajstić information content (AvgIpc) is 2.37. The lowest BCUT2D eigenvalue weighted by atomic mass is 9.82. The van der Waals surface area contributed by atoms with Crippen molar-refractivity contribution in [2.24, 2.45) is 17.6 Å². The predicted octanol–water partition coefficient (Wildman–Crippen LogP) is 3.13. The molecule has 104 valence electrons. The molecule has 0 saturated heterocycles. The fourth-order valence-electron chi connectivity index (χ4n) is 2.97. The SMILES string of the molecule is CC1CC(C)CC(OC(=O)c2ccc(CN)cc2)C1. The fourth-order valence-corrected chi connectivity index (χ4v) is 2.97. The Kier molecular flexibility index (Phi) is 4.59. The van der Waals surface area contributed by atoms with Crippen LogP contribution >= 0.6 is 0 Å². The van der Waals surface area contributed by atoms with Gasteiger partial charge in [-0.2, -0.15) is 0 Å². The van der Waals surface area contributed by atoms with Crippen LogP contribution in [0.2, 0.25) is 0 Å². The first-order valence-corrected chi connectivity index (χ1v) is 7.08. The number of esters is 1. The standard InChI is InChI=1S/C16H23NO2/c1-11-7-12(2)9-15(8-11)19-16(18)14-5-3-13(10-17)4-6-14/h3-6,11-12,15H,7-10,17H2,1-2H3. The second kappa shape index (κ2) is 6.20. The molecular weight excluding hydrogens is 238 g/mol. The molecule has 3 heteroatoms. The second-order valence-electron chi connectivity index (χ2n) is 5.85. The molecule has 2 atom stereocenters. The summed E-state index contributed by atoms with van der Waals surface area (Å²) < 4.78 is 5.62. The van der Waals surface area contributed by atoms with E-state index < -0.39 is 0 Å². The maximum atomic E-state index is 12.1. The Balaban J connectivity index is 1.96. The average molecular weight is 261 g/mol. The van der Waals surface area contributed by atoms with Gasteiger partial charge in [-0.15, -0.1) is 0 Å². The monoisotopic (exact) mass is 261 g/mol. The van der Waals surface area contributed by atoms with Gasteiger partial charge in [0.25, 0.3) is 0 Å². The number of ether oxygens (including phenoxy) is 1. The van der Waals surface area contributed by atoms with Gasteiger partial charge in [0, 0.05) is 6.54 Å². The summed E-state index contributed by atoms with van der Waals surface area (Å²) in [5, 5.41) is 0. The first-order valence-electron chi connectivity index (χ1n) is 7.08. The maximum absolute atomic E-state index is 12.1. The van der Waals surface area contributed by atoms with Crippen LogP contribution in [0.5, 0.6) is 0 Å². The summed E-state index contributed by atoms with van der Waals surface area (Å²) in [7, 11) is 0. The lowest BCUT2D eigenvalue weighted by Crippen LogP contribution is -2.28. The molecule has 0 aromatic heterocycles. The minimum Gasteiger partial charge on any atom is -0.459 e. The van der Waals surface area contributed by atoms with E-state index in [1.807, 2.05) is 12.1 Å². The molecule has 0 heterocycles. The molecule has 3 nitrogen and oxygen atoms in total. The molecule has 0 radical (unpaired) electrons. The van der Waals surface area contributed by atoms with Crippen molar-refractivity contribution in [3.8, 4) is 0 Å². The summed E-state index contributed by atoms with van der Waals surface area (Å²) in [6.45, 7) is 4.95. The summed E-state index contributed by atoms with van der Waals surface area (Å²) in [4.78, 5) is 12.1. The normalized spacial score (nSPS) is 27.0. The number of carbonyl (C=O) groups excluding carboxylic acids is 1. The molecule has 2 rings (SSSR count). The highest BCUT2D eigenvalue weighted by Crippen LogP contribution is 2.30. The topological polar surface area (TPSA) is 52.3 Å². The van der Waals surface area contributed by atoms with Gasteiger partial charge in [-0.25, -0.2) is 4.79 Å². The van der Waals surface area contributed by atoms with Crippen LogP contribution in [-0.4, -0.2) is 12.1 Å². The Morgan fingerprint density at radius 1 is 1.16 bits per heavy atom. The number of carbonyl (C=O) groups is 1. The zero-order chi connectivity index (χ0) is 13.8. The molecule has 0 bridgehead atoms. The van der Waals surface area contributed by atoms with Crippen LogP contribution in [0.4, 0.5) is 0 Å². The summed E-state index contributed by atoms with van der Waals surface area (Å²) in [6, 6.07) is 7.34. The van der Waals surface area contributed by atoms with Gasteiger partial charge in [-0.1, -0.05) is 26.0 Å². The van der Waals surface area contributed by atoms with Crippen LogP contribution in [0.25, 0.3) is 0 Å². The third-order valence-corrected chi connectivity index (χ3v) is 3.83. The molecule has 1 saturated carbocycles. The molecule has 2 unspecified atom stereocenters. The molecular formula is C16H23NO2. The zero-order valence-corrected chi connectivity index (χ0v) is 11.8. The van der Waals surface area contributed by atoms with Gasteiger partial charge in [-0.3, -0.25) is 0 Å². The molecule has 1 aromatic carbocycles. The van der Waals surface area contributed by atoms with E-state index in [1.165, 1.54) is 6.42 Å². The van der Waals surface area contributed by atoms with E-state index in [4.69, 9.17) is 10.5 Å². The van der Waals surface area contributed by atoms with E-state index >= 15 is 0 Å². The minimum atomic E-state index is -0.213. The Labute approximate surface area is 115 Å². The Morgan fingerprint density at radius 3 is 2.26 bits per heavy atom. The highest BCUT2D eigenvalue weighted by Gasteiger charge is 2.26. The van der Waals surface area contributed by atoms with Crippen LogP contribution in [0.1, 0.15) is 49.0 Å². The molecule has 1 aromatic rings. The highest BCUT2D eigenvalue weighted by atomic mass is 16.5. The van der Waals surface area contributed by atoms with Crippen molar-refractivity contribution in [3.63, 3.8) is 0 Å². The molecule has 1 aliphatic carbocycles. The van der Waals surface area contributed by atoms with Gasteiger partial charge >= 0.3 is 5.97 Å². The first kappa shape index (κ1) is 14.1. The van der Waals surface area contributed by atoms with Crippen molar-refractivity contribution >= 4 is 5.97 Å². The molecule has 0 aliphatic heterocycles. The number of nitrogens with two attached hydrogens (primary N) is 1. The van der Waals surface area contributed by atoms with E-state index in [-0.39, 0.29) is 12.1 Å². The Hall–Kier alpha value is -1.35. The highest BCUT2D eigenvalue weighted by molar-refractivity contribution is 5.89. The molecule has 2 N–H and O–H groups in total. The minimum absolute atomic E-state index is 0.0698. The molecule has 1 fully saturated rings. The third kappa shape index (κ3) is 3.80. The van der Waals surface area contributed by atoms with Crippen molar-refractivity contribution in [1.29, 1.82) is 0 Å². The fraction of sp³-hybridized carbons (Fsp3) is 0.562. The van der Waals surface area contributed by atoms with E-state index in [0.29, 0.717) is 23.9 Å². The van der Waals surface area contributed by atoms with Crippen LogP contribution in [0, 0.1) is 11.8 Å². The summed E-state index contributed by atoms with van der Waals surface area (Å²) in [6.07, 6.45) is 3.27. The van der Waals surface area contributed by atoms with Crippen LogP contribution in [0.3, 0.4) is 0 Å². The Morgan fingerprint density at radius 2 is 1.74 bits per heavy atom. The summed E-state index contributed by atoms with van der Waals surface area (Å²) >= 11 is 0. The predicted molar refractivity (Wildman–Crippen MR) is 75.7 cm³/mol. The van der Waals surface area contributed by atoms with Crippen molar-refractivity contribution in [3.05, 3.63) is 35.4 Å². The Bertz CT molecular complexity index is 417. The van der Waals surface area contributed by atoms with Gasteiger partial charge in [0.15, 0.2) is 0 Å². The van der Waals surface area contributed by atoms with Crippen molar-refractivity contribution in [1.82, 2.24) is 0 Å². The van der Waals surface area contributed by atoms with Crippen LogP contribution < -0.4 is 5.73 Å². The van der Waals surface area contributed by atoms with E-state index in [0.717, 1.165) is 18.4 Å². The number of rotatable bonds is 3. The second-order valence-corrected chi connectivity index (χ2v) is 5.85. The summed E-state index contributed by atoms with van der Waals surface area (Å²) in [5.41, 5.74) is 7.18. The lowest BCUT2D eigenvalue weighted by molar-refractivity contribution is 0.00806. The quantitative estimate of drug-likeness (QED) is 0.850. The molecule has 0 amide bonds. The molecule has 0 spiro atoms. The van der Waals surface area contributed by atoms with Gasteiger partial charge in [0.1, 0.15) is 6.10 Å². The zero-order valence-electron chi connectivity index (χ0n) is 11.8. The summed E-state index contributed by atoms with van der Waals surface area (Å²) in [5.74, 6) is 1.07. The lowest BCUT2D eigenvalue weighted by Gasteiger charge is -2.31. The van der Waals surface area contributed by atoms with E-state index in [9.17, 15) is 4.79 Å². The van der Waals surface area contributed by atoms with Crippen molar-refractivity contribution in [2.75, 3.05) is 0 Å². The van der Waals surface area contributed by atoms with E-state index in [2.05, 4.69) is 13.8 Å². The van der Waals surface area contributed by atoms with Gasteiger partial charge in [0.05, 0.1) is 5.56 Å². The number of hydrogen-bond donors (Lipinski definition) is 1. The van der Waals surface area contributed by atoms with Gasteiger partial charge < -0.3 is 10.5 Å². The van der Waals surface area contributed by atoms with Crippen molar-refractivity contribution in [2.45, 2.75) is 45.8 Å². The van der Waals surface area contributed by atoms with Crippen LogP contribution in [-0.2, 0) is 11.3 Å².